The molecule has 94 valence electrons. The monoisotopic (exact) mass is 236 g/mol. The van der Waals surface area contributed by atoms with E-state index in [9.17, 15) is 0 Å². The van der Waals surface area contributed by atoms with Crippen molar-refractivity contribution in [1.29, 1.82) is 0 Å². The van der Waals surface area contributed by atoms with Gasteiger partial charge in [0.2, 0.25) is 0 Å². The molecule has 0 atom stereocenters. The van der Waals surface area contributed by atoms with Gasteiger partial charge in [0.15, 0.2) is 6.29 Å². The van der Waals surface area contributed by atoms with Gasteiger partial charge in [-0.15, -0.1) is 0 Å². The molecule has 0 amide bonds. The number of hydrogen-bond acceptors (Lipinski definition) is 3. The van der Waals surface area contributed by atoms with Crippen LogP contribution in [0.25, 0.3) is 5.57 Å². The average molecular weight is 236 g/mol. The summed E-state index contributed by atoms with van der Waals surface area (Å²) in [4.78, 5) is 0. The van der Waals surface area contributed by atoms with Gasteiger partial charge in [0.25, 0.3) is 0 Å². The fraction of sp³-hybridized carbons (Fsp3) is 0.429. The molecule has 1 aromatic rings. The summed E-state index contributed by atoms with van der Waals surface area (Å²) < 4.78 is 16.1. The van der Waals surface area contributed by atoms with Crippen LogP contribution in [0.1, 0.15) is 19.4 Å². The van der Waals surface area contributed by atoms with Crippen LogP contribution in [0.3, 0.4) is 0 Å². The second-order valence-electron chi connectivity index (χ2n) is 3.50. The van der Waals surface area contributed by atoms with Crippen molar-refractivity contribution in [3.05, 3.63) is 36.4 Å². The third-order valence-corrected chi connectivity index (χ3v) is 2.38. The smallest absolute Gasteiger partial charge is 0.183 e. The van der Waals surface area contributed by atoms with Crippen molar-refractivity contribution in [2.24, 2.45) is 0 Å². The summed E-state index contributed by atoms with van der Waals surface area (Å²) in [6.45, 7) is 9.10. The lowest BCUT2D eigenvalue weighted by Crippen LogP contribution is -2.18. The second kappa shape index (κ2) is 7.09. The Morgan fingerprint density at radius 3 is 2.06 bits per heavy atom. The molecule has 1 aromatic carbocycles. The maximum absolute atomic E-state index is 5.50. The predicted molar refractivity (Wildman–Crippen MR) is 69.1 cm³/mol. The fourth-order valence-corrected chi connectivity index (χ4v) is 1.49. The van der Waals surface area contributed by atoms with Gasteiger partial charge in [-0.2, -0.15) is 0 Å². The topological polar surface area (TPSA) is 27.7 Å². The van der Waals surface area contributed by atoms with Gasteiger partial charge in [-0.3, -0.25) is 0 Å². The highest BCUT2D eigenvalue weighted by atomic mass is 16.7. The van der Waals surface area contributed by atoms with Crippen LogP contribution in [0.15, 0.2) is 30.8 Å². The number of rotatable bonds is 7. The minimum Gasteiger partial charge on any atom is -0.497 e. The van der Waals surface area contributed by atoms with Crippen molar-refractivity contribution in [3.63, 3.8) is 0 Å². The molecule has 0 saturated carbocycles. The zero-order valence-corrected chi connectivity index (χ0v) is 10.7. The number of hydrogen-bond donors (Lipinski definition) is 0. The van der Waals surface area contributed by atoms with E-state index in [0.717, 1.165) is 16.9 Å². The molecule has 0 bridgehead atoms. The molecule has 0 saturated heterocycles. The first-order valence-corrected chi connectivity index (χ1v) is 5.79. The van der Waals surface area contributed by atoms with Crippen LogP contribution >= 0.6 is 0 Å². The van der Waals surface area contributed by atoms with E-state index >= 15 is 0 Å². The van der Waals surface area contributed by atoms with Gasteiger partial charge in [0, 0.05) is 18.8 Å². The molecule has 0 N–H and O–H groups in total. The van der Waals surface area contributed by atoms with E-state index in [2.05, 4.69) is 6.58 Å². The molecule has 0 unspecified atom stereocenters. The molecule has 0 aliphatic heterocycles. The minimum atomic E-state index is -0.376. The molecule has 0 aliphatic rings. The SMILES string of the molecule is C=C(c1ccc(OC)cc1)C(OCC)OCC. The highest BCUT2D eigenvalue weighted by Crippen LogP contribution is 2.22. The van der Waals surface area contributed by atoms with Gasteiger partial charge in [-0.1, -0.05) is 18.7 Å². The molecule has 3 heteroatoms. The lowest BCUT2D eigenvalue weighted by molar-refractivity contribution is -0.0962. The Morgan fingerprint density at radius 2 is 1.65 bits per heavy atom. The maximum atomic E-state index is 5.50. The summed E-state index contributed by atoms with van der Waals surface area (Å²) >= 11 is 0. The first kappa shape index (κ1) is 13.7. The molecule has 17 heavy (non-hydrogen) atoms. The largest absolute Gasteiger partial charge is 0.497 e. The van der Waals surface area contributed by atoms with Crippen molar-refractivity contribution in [2.75, 3.05) is 20.3 Å². The predicted octanol–water partition coefficient (Wildman–Crippen LogP) is 3.11. The van der Waals surface area contributed by atoms with Crippen LogP contribution in [0, 0.1) is 0 Å². The minimum absolute atomic E-state index is 0.376. The van der Waals surface area contributed by atoms with Crippen LogP contribution < -0.4 is 4.74 Å². The lowest BCUT2D eigenvalue weighted by Gasteiger charge is -2.19. The molecule has 0 spiro atoms. The van der Waals surface area contributed by atoms with E-state index < -0.39 is 0 Å². The van der Waals surface area contributed by atoms with Crippen molar-refractivity contribution in [1.82, 2.24) is 0 Å². The van der Waals surface area contributed by atoms with Crippen LogP contribution in [0.5, 0.6) is 5.75 Å². The normalized spacial score (nSPS) is 10.6. The first-order chi connectivity index (χ1) is 8.22. The zero-order chi connectivity index (χ0) is 12.7. The molecule has 1 rings (SSSR count). The quantitative estimate of drug-likeness (QED) is 0.681. The van der Waals surface area contributed by atoms with E-state index in [0.29, 0.717) is 13.2 Å². The summed E-state index contributed by atoms with van der Waals surface area (Å²) in [5.74, 6) is 0.825. The van der Waals surface area contributed by atoms with E-state index in [-0.39, 0.29) is 6.29 Å². The standard InChI is InChI=1S/C14H20O3/c1-5-16-14(17-6-2)11(3)12-7-9-13(15-4)10-8-12/h7-10,14H,3,5-6H2,1-2,4H3. The zero-order valence-electron chi connectivity index (χ0n) is 10.7. The summed E-state index contributed by atoms with van der Waals surface area (Å²) in [7, 11) is 1.65. The van der Waals surface area contributed by atoms with Crippen molar-refractivity contribution in [2.45, 2.75) is 20.1 Å². The summed E-state index contributed by atoms with van der Waals surface area (Å²) in [6.07, 6.45) is -0.376. The second-order valence-corrected chi connectivity index (χ2v) is 3.50. The van der Waals surface area contributed by atoms with Gasteiger partial charge in [0.1, 0.15) is 5.75 Å². The lowest BCUT2D eigenvalue weighted by atomic mass is 10.1. The third kappa shape index (κ3) is 3.88. The van der Waals surface area contributed by atoms with Gasteiger partial charge in [-0.05, 0) is 31.5 Å². The first-order valence-electron chi connectivity index (χ1n) is 5.79. The van der Waals surface area contributed by atoms with Gasteiger partial charge < -0.3 is 14.2 Å². The highest BCUT2D eigenvalue weighted by Gasteiger charge is 2.14. The molecule has 0 fully saturated rings. The van der Waals surface area contributed by atoms with E-state index in [1.807, 2.05) is 38.1 Å². The van der Waals surface area contributed by atoms with Crippen molar-refractivity contribution >= 4 is 5.57 Å². The maximum Gasteiger partial charge on any atom is 0.183 e. The van der Waals surface area contributed by atoms with Crippen molar-refractivity contribution < 1.29 is 14.2 Å². The molecule has 0 heterocycles. The molecule has 0 aromatic heterocycles. The molecular weight excluding hydrogens is 216 g/mol. The molecule has 3 nitrogen and oxygen atoms in total. The Labute approximate surface area is 103 Å². The summed E-state index contributed by atoms with van der Waals surface area (Å²) in [5.41, 5.74) is 1.83. The Balaban J connectivity index is 2.77. The molecular formula is C14H20O3. The number of benzene rings is 1. The summed E-state index contributed by atoms with van der Waals surface area (Å²) in [6, 6.07) is 7.70. The average Bonchev–Trinajstić information content (AvgIpc) is 2.38. The van der Waals surface area contributed by atoms with E-state index in [1.54, 1.807) is 7.11 Å². The summed E-state index contributed by atoms with van der Waals surface area (Å²) in [5, 5.41) is 0. The fourth-order valence-electron chi connectivity index (χ4n) is 1.49. The van der Waals surface area contributed by atoms with Gasteiger partial charge in [-0.25, -0.2) is 0 Å². The Morgan fingerprint density at radius 1 is 1.12 bits per heavy atom. The Kier molecular flexibility index (Phi) is 5.73. The molecule has 0 aliphatic carbocycles. The van der Waals surface area contributed by atoms with Crippen LogP contribution in [-0.2, 0) is 9.47 Å². The Hall–Kier alpha value is -1.32. The number of methoxy groups -OCH3 is 1. The van der Waals surface area contributed by atoms with Crippen molar-refractivity contribution in [3.8, 4) is 5.75 Å². The van der Waals surface area contributed by atoms with Gasteiger partial charge >= 0.3 is 0 Å². The highest BCUT2D eigenvalue weighted by molar-refractivity contribution is 5.66. The van der Waals surface area contributed by atoms with Crippen LogP contribution in [0.4, 0.5) is 0 Å². The van der Waals surface area contributed by atoms with Gasteiger partial charge in [0.05, 0.1) is 7.11 Å². The third-order valence-electron chi connectivity index (χ3n) is 2.38. The van der Waals surface area contributed by atoms with Crippen LogP contribution in [-0.4, -0.2) is 26.6 Å². The van der Waals surface area contributed by atoms with E-state index in [4.69, 9.17) is 14.2 Å². The Bertz CT molecular complexity index is 337. The number of ether oxygens (including phenoxy) is 3. The molecule has 0 radical (unpaired) electrons. The van der Waals surface area contributed by atoms with E-state index in [1.165, 1.54) is 0 Å². The van der Waals surface area contributed by atoms with Crippen LogP contribution in [0.2, 0.25) is 0 Å².